The van der Waals surface area contributed by atoms with E-state index >= 15 is 0 Å². The molecule has 0 aliphatic rings. The smallest absolute Gasteiger partial charge is 0.243 e. The maximum atomic E-state index is 12.1. The minimum atomic E-state index is -1.03. The van der Waals surface area contributed by atoms with Gasteiger partial charge >= 0.3 is 0 Å². The molecule has 0 amide bonds. The van der Waals surface area contributed by atoms with Crippen molar-refractivity contribution >= 4 is 56.5 Å². The molecule has 0 spiro atoms. The number of halogens is 4. The van der Waals surface area contributed by atoms with Gasteiger partial charge in [0.25, 0.3) is 0 Å². The van der Waals surface area contributed by atoms with Gasteiger partial charge in [0.1, 0.15) is 0 Å². The van der Waals surface area contributed by atoms with Crippen molar-refractivity contribution in [2.45, 2.75) is 5.50 Å². The minimum absolute atomic E-state index is 0.0106. The summed E-state index contributed by atoms with van der Waals surface area (Å²) in [6.45, 7) is 0. The van der Waals surface area contributed by atoms with Gasteiger partial charge in [0.2, 0.25) is 11.1 Å². The summed E-state index contributed by atoms with van der Waals surface area (Å²) < 4.78 is 1.48. The molecule has 0 saturated heterocycles. The molecular weight excluding hydrogens is 364 g/mol. The van der Waals surface area contributed by atoms with Crippen LogP contribution in [-0.2, 0) is 0 Å². The summed E-state index contributed by atoms with van der Waals surface area (Å²) in [5.41, 5.74) is -0.599. The van der Waals surface area contributed by atoms with Gasteiger partial charge in [-0.1, -0.05) is 23.2 Å². The molecule has 0 aliphatic carbocycles. The second-order valence-corrected chi connectivity index (χ2v) is 5.20. The predicted molar refractivity (Wildman–Crippen MR) is 73.4 cm³/mol. The number of Topliss-reactive ketones (excluding diaryl/α,β-unsaturated/α-hetero) is 1. The first-order chi connectivity index (χ1) is 8.49. The Morgan fingerprint density at radius 1 is 1.28 bits per heavy atom. The lowest BCUT2D eigenvalue weighted by Gasteiger charge is -2.09. The normalized spacial score (nSPS) is 12.4. The molecule has 0 aliphatic heterocycles. The first kappa shape index (κ1) is 13.8. The second-order valence-electron chi connectivity index (χ2n) is 3.30. The Bertz CT molecular complexity index is 585. The number of nitrogens with zero attached hydrogens (tertiary/aromatic N) is 3. The van der Waals surface area contributed by atoms with Crippen LogP contribution in [0.1, 0.15) is 15.9 Å². The molecule has 8 heteroatoms. The zero-order valence-electron chi connectivity index (χ0n) is 8.65. The van der Waals surface area contributed by atoms with Crippen LogP contribution >= 0.6 is 50.7 Å². The summed E-state index contributed by atoms with van der Waals surface area (Å²) in [7, 11) is 0. The van der Waals surface area contributed by atoms with E-state index in [0.29, 0.717) is 10.6 Å². The highest BCUT2D eigenvalue weighted by Crippen LogP contribution is 2.24. The molecule has 0 fully saturated rings. The Kier molecular flexibility index (Phi) is 4.27. The van der Waals surface area contributed by atoms with Crippen LogP contribution in [0.3, 0.4) is 0 Å². The Morgan fingerprint density at radius 3 is 2.39 bits per heavy atom. The number of alkyl halides is 1. The molecule has 0 saturated carbocycles. The molecule has 4 nitrogen and oxygen atoms in total. The third-order valence-corrected chi connectivity index (χ3v) is 3.46. The summed E-state index contributed by atoms with van der Waals surface area (Å²) in [5, 5.41) is 4.37. The average molecular weight is 369 g/mol. The maximum absolute atomic E-state index is 12.1. The first-order valence-corrected chi connectivity index (χ1v) is 6.69. The second kappa shape index (κ2) is 5.57. The van der Waals surface area contributed by atoms with E-state index in [1.54, 1.807) is 24.3 Å². The summed E-state index contributed by atoms with van der Waals surface area (Å²) in [6, 6.07) is 6.41. The van der Waals surface area contributed by atoms with Crippen LogP contribution in [0.4, 0.5) is 0 Å². The molecule has 1 aromatic carbocycles. The van der Waals surface area contributed by atoms with Crippen molar-refractivity contribution in [3.8, 4) is 0 Å². The number of ketones is 1. The minimum Gasteiger partial charge on any atom is -0.290 e. The number of carbonyl (C=O) groups excluding carboxylic acids is 1. The Balaban J connectivity index is 2.29. The van der Waals surface area contributed by atoms with Gasteiger partial charge in [-0.05, 0) is 51.8 Å². The van der Waals surface area contributed by atoms with Crippen LogP contribution in [0.2, 0.25) is 10.3 Å². The Labute approximate surface area is 126 Å². The van der Waals surface area contributed by atoms with Crippen LogP contribution in [0, 0.1) is 0 Å². The predicted octanol–water partition coefficient (Wildman–Crippen LogP) is 3.97. The number of benzene rings is 1. The summed E-state index contributed by atoms with van der Waals surface area (Å²) in [4.78, 5) is 15.9. The fourth-order valence-electron chi connectivity index (χ4n) is 1.29. The molecular formula is C10H5BrCl3N3O. The molecule has 18 heavy (non-hydrogen) atoms. The van der Waals surface area contributed by atoms with Gasteiger partial charge in [-0.25, -0.2) is 4.68 Å². The van der Waals surface area contributed by atoms with Gasteiger partial charge < -0.3 is 0 Å². The SMILES string of the molecule is O=C(c1ccc(Cl)cc1)C(Cl)n1nc(Cl)nc1Br. The van der Waals surface area contributed by atoms with E-state index < -0.39 is 5.50 Å². The summed E-state index contributed by atoms with van der Waals surface area (Å²) in [5.74, 6) is -0.324. The number of rotatable bonds is 3. The topological polar surface area (TPSA) is 47.8 Å². The molecule has 0 bridgehead atoms. The molecule has 0 N–H and O–H groups in total. The number of hydrogen-bond acceptors (Lipinski definition) is 3. The third kappa shape index (κ3) is 2.85. The third-order valence-electron chi connectivity index (χ3n) is 2.12. The summed E-state index contributed by atoms with van der Waals surface area (Å²) >= 11 is 20.5. The van der Waals surface area contributed by atoms with Gasteiger partial charge in [-0.2, -0.15) is 4.98 Å². The quantitative estimate of drug-likeness (QED) is 0.608. The highest BCUT2D eigenvalue weighted by molar-refractivity contribution is 9.10. The van der Waals surface area contributed by atoms with E-state index in [1.165, 1.54) is 4.68 Å². The monoisotopic (exact) mass is 367 g/mol. The van der Waals surface area contributed by atoms with Crippen molar-refractivity contribution in [2.24, 2.45) is 0 Å². The lowest BCUT2D eigenvalue weighted by Crippen LogP contribution is -2.16. The molecule has 1 unspecified atom stereocenters. The largest absolute Gasteiger partial charge is 0.290 e. The standard InChI is InChI=1S/C10H5BrCl3N3O/c11-9-15-10(14)16-17(9)8(13)7(18)5-1-3-6(12)4-2-5/h1-4,8H. The Morgan fingerprint density at radius 2 is 1.89 bits per heavy atom. The van der Waals surface area contributed by atoms with Gasteiger partial charge in [-0.15, -0.1) is 5.10 Å². The molecule has 0 radical (unpaired) electrons. The molecule has 94 valence electrons. The van der Waals surface area contributed by atoms with Crippen LogP contribution in [0.15, 0.2) is 29.0 Å². The van der Waals surface area contributed by atoms with Gasteiger partial charge in [0.15, 0.2) is 10.2 Å². The molecule has 1 aromatic heterocycles. The van der Waals surface area contributed by atoms with Crippen molar-refractivity contribution in [1.29, 1.82) is 0 Å². The van der Waals surface area contributed by atoms with Crippen LogP contribution in [0.5, 0.6) is 0 Å². The molecule has 1 atom stereocenters. The zero-order valence-corrected chi connectivity index (χ0v) is 12.5. The van der Waals surface area contributed by atoms with Gasteiger partial charge in [-0.3, -0.25) is 4.79 Å². The van der Waals surface area contributed by atoms with Crippen LogP contribution in [0.25, 0.3) is 0 Å². The highest BCUT2D eigenvalue weighted by atomic mass is 79.9. The van der Waals surface area contributed by atoms with Crippen LogP contribution in [-0.4, -0.2) is 20.5 Å². The van der Waals surface area contributed by atoms with Crippen molar-refractivity contribution in [2.75, 3.05) is 0 Å². The molecule has 1 heterocycles. The lowest BCUT2D eigenvalue weighted by molar-refractivity contribution is 0.0958. The highest BCUT2D eigenvalue weighted by Gasteiger charge is 2.23. The van der Waals surface area contributed by atoms with Crippen molar-refractivity contribution in [3.63, 3.8) is 0 Å². The van der Waals surface area contributed by atoms with Crippen molar-refractivity contribution in [1.82, 2.24) is 14.8 Å². The maximum Gasteiger partial charge on any atom is 0.243 e. The first-order valence-electron chi connectivity index (χ1n) is 4.70. The van der Waals surface area contributed by atoms with Crippen LogP contribution < -0.4 is 0 Å². The fraction of sp³-hybridized carbons (Fsp3) is 0.100. The van der Waals surface area contributed by atoms with E-state index in [4.69, 9.17) is 34.8 Å². The van der Waals surface area contributed by atoms with Gasteiger partial charge in [0.05, 0.1) is 0 Å². The molecule has 2 aromatic rings. The van der Waals surface area contributed by atoms with Crippen molar-refractivity contribution in [3.05, 3.63) is 44.9 Å². The lowest BCUT2D eigenvalue weighted by atomic mass is 10.1. The molecule has 2 rings (SSSR count). The number of hydrogen-bond donors (Lipinski definition) is 0. The van der Waals surface area contributed by atoms with E-state index in [2.05, 4.69) is 26.0 Å². The van der Waals surface area contributed by atoms with E-state index in [9.17, 15) is 4.79 Å². The zero-order chi connectivity index (χ0) is 13.3. The van der Waals surface area contributed by atoms with E-state index in [1.807, 2.05) is 0 Å². The van der Waals surface area contributed by atoms with E-state index in [-0.39, 0.29) is 15.8 Å². The number of carbonyl (C=O) groups is 1. The Hall–Kier alpha value is -0.620. The van der Waals surface area contributed by atoms with Crippen molar-refractivity contribution < 1.29 is 4.79 Å². The fourth-order valence-corrected chi connectivity index (χ4v) is 2.51. The van der Waals surface area contributed by atoms with E-state index in [0.717, 1.165) is 0 Å². The average Bonchev–Trinajstić information content (AvgIpc) is 2.67. The summed E-state index contributed by atoms with van der Waals surface area (Å²) in [6.07, 6.45) is 0. The van der Waals surface area contributed by atoms with Gasteiger partial charge in [0, 0.05) is 10.6 Å². The number of aromatic nitrogens is 3.